The molecule has 2 aliphatic heterocycles. The predicted octanol–water partition coefficient (Wildman–Crippen LogP) is -1.46. The van der Waals surface area contributed by atoms with Crippen LogP contribution in [0, 0.1) is 0 Å². The van der Waals surface area contributed by atoms with Gasteiger partial charge in [0.1, 0.15) is 11.8 Å². The Labute approximate surface area is 154 Å². The number of carbonyl (C=O) groups is 5. The molecular weight excluding hydrogens is 356 g/mol. The van der Waals surface area contributed by atoms with Gasteiger partial charge in [-0.2, -0.15) is 0 Å². The topological polar surface area (TPSA) is 148 Å². The molecule has 0 radical (unpaired) electrons. The SMILES string of the molecule is NCCNC(=O)COc1cccc2c1C(=O)N(C1CCC(=O)NC1=O)C2=O. The van der Waals surface area contributed by atoms with Crippen LogP contribution in [0.3, 0.4) is 0 Å². The van der Waals surface area contributed by atoms with E-state index in [9.17, 15) is 24.0 Å². The molecule has 142 valence electrons. The molecule has 1 saturated heterocycles. The Morgan fingerprint density at radius 2 is 2.04 bits per heavy atom. The summed E-state index contributed by atoms with van der Waals surface area (Å²) in [4.78, 5) is 61.3. The number of hydrogen-bond donors (Lipinski definition) is 3. The third kappa shape index (κ3) is 3.51. The average molecular weight is 374 g/mol. The number of imide groups is 2. The Morgan fingerprint density at radius 1 is 1.26 bits per heavy atom. The van der Waals surface area contributed by atoms with E-state index < -0.39 is 35.6 Å². The lowest BCUT2D eigenvalue weighted by molar-refractivity contribution is -0.136. The quantitative estimate of drug-likeness (QED) is 0.516. The third-order valence-corrected chi connectivity index (χ3v) is 4.26. The molecule has 0 aromatic heterocycles. The van der Waals surface area contributed by atoms with E-state index in [0.29, 0.717) is 0 Å². The van der Waals surface area contributed by atoms with Gasteiger partial charge in [-0.3, -0.25) is 34.2 Å². The molecule has 4 N–H and O–H groups in total. The molecule has 2 aliphatic rings. The van der Waals surface area contributed by atoms with Crippen molar-refractivity contribution in [1.82, 2.24) is 15.5 Å². The Bertz CT molecular complexity index is 837. The second kappa shape index (κ2) is 7.54. The van der Waals surface area contributed by atoms with Crippen molar-refractivity contribution >= 4 is 29.5 Å². The van der Waals surface area contributed by atoms with Crippen molar-refractivity contribution < 1.29 is 28.7 Å². The maximum atomic E-state index is 12.8. The van der Waals surface area contributed by atoms with Gasteiger partial charge in [0, 0.05) is 19.5 Å². The Hall–Kier alpha value is -3.27. The summed E-state index contributed by atoms with van der Waals surface area (Å²) in [6, 6.07) is 3.37. The fraction of sp³-hybridized carbons (Fsp3) is 0.353. The van der Waals surface area contributed by atoms with Crippen LogP contribution in [0.2, 0.25) is 0 Å². The number of hydrogen-bond acceptors (Lipinski definition) is 7. The minimum atomic E-state index is -1.06. The summed E-state index contributed by atoms with van der Waals surface area (Å²) in [5, 5.41) is 4.65. The van der Waals surface area contributed by atoms with Crippen molar-refractivity contribution in [3.63, 3.8) is 0 Å². The molecule has 3 rings (SSSR count). The van der Waals surface area contributed by atoms with E-state index in [0.717, 1.165) is 4.90 Å². The van der Waals surface area contributed by atoms with Crippen LogP contribution in [0.15, 0.2) is 18.2 Å². The van der Waals surface area contributed by atoms with E-state index in [4.69, 9.17) is 10.5 Å². The van der Waals surface area contributed by atoms with Crippen LogP contribution in [0.1, 0.15) is 33.6 Å². The van der Waals surface area contributed by atoms with Crippen LogP contribution in [-0.2, 0) is 14.4 Å². The summed E-state index contributed by atoms with van der Waals surface area (Å²) in [5.74, 6) is -2.81. The van der Waals surface area contributed by atoms with E-state index in [1.165, 1.54) is 18.2 Å². The summed E-state index contributed by atoms with van der Waals surface area (Å²) >= 11 is 0. The van der Waals surface area contributed by atoms with E-state index in [-0.39, 0.29) is 49.4 Å². The number of rotatable bonds is 6. The normalized spacial score (nSPS) is 19.0. The second-order valence-corrected chi connectivity index (χ2v) is 6.05. The van der Waals surface area contributed by atoms with Gasteiger partial charge in [0.05, 0.1) is 11.1 Å². The van der Waals surface area contributed by atoms with Crippen molar-refractivity contribution in [3.05, 3.63) is 29.3 Å². The van der Waals surface area contributed by atoms with Gasteiger partial charge in [-0.15, -0.1) is 0 Å². The molecule has 2 heterocycles. The number of ether oxygens (including phenoxy) is 1. The van der Waals surface area contributed by atoms with Gasteiger partial charge < -0.3 is 15.8 Å². The zero-order valence-corrected chi connectivity index (χ0v) is 14.3. The first-order chi connectivity index (χ1) is 12.9. The maximum absolute atomic E-state index is 12.8. The number of nitrogens with zero attached hydrogens (tertiary/aromatic N) is 1. The maximum Gasteiger partial charge on any atom is 0.266 e. The van der Waals surface area contributed by atoms with Crippen molar-refractivity contribution in [2.75, 3.05) is 19.7 Å². The molecule has 5 amide bonds. The number of carbonyl (C=O) groups excluding carboxylic acids is 5. The third-order valence-electron chi connectivity index (χ3n) is 4.26. The van der Waals surface area contributed by atoms with Gasteiger partial charge in [0.2, 0.25) is 11.8 Å². The first-order valence-corrected chi connectivity index (χ1v) is 8.38. The number of benzene rings is 1. The molecule has 0 bridgehead atoms. The van der Waals surface area contributed by atoms with Crippen LogP contribution < -0.4 is 21.1 Å². The molecule has 10 heteroatoms. The highest BCUT2D eigenvalue weighted by Gasteiger charge is 2.46. The van der Waals surface area contributed by atoms with E-state index in [1.807, 2.05) is 0 Å². The molecule has 0 saturated carbocycles. The van der Waals surface area contributed by atoms with Gasteiger partial charge in [0.15, 0.2) is 6.61 Å². The van der Waals surface area contributed by atoms with Crippen LogP contribution in [0.4, 0.5) is 0 Å². The predicted molar refractivity (Wildman–Crippen MR) is 90.7 cm³/mol. The molecule has 0 aliphatic carbocycles. The monoisotopic (exact) mass is 374 g/mol. The average Bonchev–Trinajstić information content (AvgIpc) is 2.90. The highest BCUT2D eigenvalue weighted by Crippen LogP contribution is 2.33. The molecule has 1 fully saturated rings. The highest BCUT2D eigenvalue weighted by molar-refractivity contribution is 6.24. The van der Waals surface area contributed by atoms with Crippen LogP contribution in [-0.4, -0.2) is 60.2 Å². The highest BCUT2D eigenvalue weighted by atomic mass is 16.5. The second-order valence-electron chi connectivity index (χ2n) is 6.05. The van der Waals surface area contributed by atoms with Crippen molar-refractivity contribution in [2.45, 2.75) is 18.9 Å². The van der Waals surface area contributed by atoms with Crippen LogP contribution in [0.5, 0.6) is 5.75 Å². The zero-order chi connectivity index (χ0) is 19.6. The number of nitrogens with one attached hydrogen (secondary N) is 2. The summed E-state index contributed by atoms with van der Waals surface area (Å²) in [6.45, 7) is 0.215. The lowest BCUT2D eigenvalue weighted by atomic mass is 10.0. The Morgan fingerprint density at radius 3 is 2.74 bits per heavy atom. The molecule has 0 spiro atoms. The van der Waals surface area contributed by atoms with E-state index in [2.05, 4.69) is 10.6 Å². The lowest BCUT2D eigenvalue weighted by Crippen LogP contribution is -2.54. The fourth-order valence-corrected chi connectivity index (χ4v) is 3.01. The van der Waals surface area contributed by atoms with Crippen molar-refractivity contribution in [1.29, 1.82) is 0 Å². The Kier molecular flexibility index (Phi) is 5.17. The van der Waals surface area contributed by atoms with Crippen molar-refractivity contribution in [3.8, 4) is 5.75 Å². The van der Waals surface area contributed by atoms with E-state index >= 15 is 0 Å². The number of piperidine rings is 1. The number of nitrogens with two attached hydrogens (primary N) is 1. The van der Waals surface area contributed by atoms with E-state index in [1.54, 1.807) is 0 Å². The number of fused-ring (bicyclic) bond motifs is 1. The van der Waals surface area contributed by atoms with Gasteiger partial charge in [-0.1, -0.05) is 6.07 Å². The minimum Gasteiger partial charge on any atom is -0.483 e. The summed E-state index contributed by atoms with van der Waals surface area (Å²) < 4.78 is 5.40. The zero-order valence-electron chi connectivity index (χ0n) is 14.3. The minimum absolute atomic E-state index is 0.00109. The fourth-order valence-electron chi connectivity index (χ4n) is 3.01. The molecule has 27 heavy (non-hydrogen) atoms. The first-order valence-electron chi connectivity index (χ1n) is 8.38. The molecule has 1 atom stereocenters. The van der Waals surface area contributed by atoms with Gasteiger partial charge in [0.25, 0.3) is 17.7 Å². The number of amides is 5. The molecule has 10 nitrogen and oxygen atoms in total. The van der Waals surface area contributed by atoms with Gasteiger partial charge in [-0.05, 0) is 18.6 Å². The standard InChI is InChI=1S/C17H18N4O6/c18-6-7-19-13(23)8-27-11-3-1-2-9-14(11)17(26)21(16(9)25)10-4-5-12(22)20-15(10)24/h1-3,10H,4-8,18H2,(H,19,23)(H,20,22,24). The summed E-state index contributed by atoms with van der Waals surface area (Å²) in [5.41, 5.74) is 5.39. The smallest absolute Gasteiger partial charge is 0.266 e. The van der Waals surface area contributed by atoms with Gasteiger partial charge >= 0.3 is 0 Å². The largest absolute Gasteiger partial charge is 0.483 e. The lowest BCUT2D eigenvalue weighted by Gasteiger charge is -2.27. The molecule has 1 aromatic rings. The summed E-state index contributed by atoms with van der Waals surface area (Å²) in [7, 11) is 0. The molecule has 1 aromatic carbocycles. The van der Waals surface area contributed by atoms with Crippen LogP contribution in [0.25, 0.3) is 0 Å². The summed E-state index contributed by atoms with van der Waals surface area (Å²) in [6.07, 6.45) is 0.0995. The Balaban J connectivity index is 1.81. The van der Waals surface area contributed by atoms with Crippen LogP contribution >= 0.6 is 0 Å². The van der Waals surface area contributed by atoms with Crippen molar-refractivity contribution in [2.24, 2.45) is 5.73 Å². The van der Waals surface area contributed by atoms with Gasteiger partial charge in [-0.25, -0.2) is 0 Å². The molecule has 1 unspecified atom stereocenters. The first kappa shape index (κ1) is 18.5. The molecular formula is C17H18N4O6.